The van der Waals surface area contributed by atoms with Crippen LogP contribution >= 0.6 is 38.5 Å². The number of hydrogen-bond donors (Lipinski definition) is 0. The van der Waals surface area contributed by atoms with Crippen molar-refractivity contribution >= 4 is 56.5 Å². The fraction of sp³-hybridized carbons (Fsp3) is 0.0400. The number of cyclic esters (lactones) is 1. The molecule has 0 amide bonds. The van der Waals surface area contributed by atoms with Gasteiger partial charge >= 0.3 is 5.97 Å². The van der Waals surface area contributed by atoms with Crippen molar-refractivity contribution in [1.82, 2.24) is 0 Å². The first-order valence-electron chi connectivity index (χ1n) is 9.46. The van der Waals surface area contributed by atoms with Crippen molar-refractivity contribution in [3.63, 3.8) is 0 Å². The highest BCUT2D eigenvalue weighted by Gasteiger charge is 2.24. The van der Waals surface area contributed by atoms with Crippen LogP contribution < -0.4 is 4.74 Å². The third-order valence-electron chi connectivity index (χ3n) is 4.58. The number of aliphatic imine (C=N–C) groups is 1. The second-order valence-electron chi connectivity index (χ2n) is 6.72. The summed E-state index contributed by atoms with van der Waals surface area (Å²) in [5.74, 6) is 0.531. The van der Waals surface area contributed by atoms with E-state index in [1.165, 1.54) is 0 Å². The average Bonchev–Trinajstić information content (AvgIpc) is 3.16. The summed E-state index contributed by atoms with van der Waals surface area (Å²) in [6.45, 7) is 3.87. The Balaban J connectivity index is 1.51. The fourth-order valence-electron chi connectivity index (χ4n) is 3.00. The fourth-order valence-corrected chi connectivity index (χ4v) is 3.72. The van der Waals surface area contributed by atoms with Gasteiger partial charge in [-0.3, -0.25) is 0 Å². The summed E-state index contributed by atoms with van der Waals surface area (Å²) in [5.41, 5.74) is 2.85. The van der Waals surface area contributed by atoms with E-state index < -0.39 is 5.97 Å². The molecule has 1 aliphatic heterocycles. The van der Waals surface area contributed by atoms with Gasteiger partial charge in [-0.1, -0.05) is 49.0 Å². The number of carbonyl (C=O) groups is 1. The quantitative estimate of drug-likeness (QED) is 0.140. The van der Waals surface area contributed by atoms with Crippen LogP contribution in [0.3, 0.4) is 0 Å². The Hall–Kier alpha value is -2.71. The molecule has 1 unspecified atom stereocenters. The maximum atomic E-state index is 12.3. The van der Waals surface area contributed by atoms with E-state index in [-0.39, 0.29) is 11.8 Å². The zero-order valence-electron chi connectivity index (χ0n) is 16.3. The number of benzene rings is 3. The van der Waals surface area contributed by atoms with Gasteiger partial charge in [-0.15, -0.1) is 0 Å². The molecule has 0 saturated heterocycles. The van der Waals surface area contributed by atoms with E-state index in [4.69, 9.17) is 9.47 Å². The predicted octanol–water partition coefficient (Wildman–Crippen LogP) is 6.70. The van der Waals surface area contributed by atoms with Crippen LogP contribution in [0.1, 0.15) is 22.8 Å². The third-order valence-corrected chi connectivity index (χ3v) is 6.91. The lowest BCUT2D eigenvalue weighted by atomic mass is 10.1. The van der Waals surface area contributed by atoms with Crippen LogP contribution in [0.4, 0.5) is 0 Å². The van der Waals surface area contributed by atoms with Gasteiger partial charge in [0, 0.05) is 13.6 Å². The van der Waals surface area contributed by atoms with E-state index in [2.05, 4.69) is 50.1 Å². The topological polar surface area (TPSA) is 47.9 Å². The first kappa shape index (κ1) is 21.5. The molecule has 3 aromatic carbocycles. The van der Waals surface area contributed by atoms with Crippen LogP contribution in [-0.2, 0) is 9.53 Å². The Labute approximate surface area is 202 Å². The summed E-state index contributed by atoms with van der Waals surface area (Å²) >= 11 is 5.71. The highest BCUT2D eigenvalue weighted by molar-refractivity contribution is 14.1. The number of rotatable bonds is 6. The van der Waals surface area contributed by atoms with Gasteiger partial charge in [0.05, 0.1) is 0 Å². The number of hydrogen-bond acceptors (Lipinski definition) is 4. The molecule has 0 spiro atoms. The molecular weight excluding hydrogens is 569 g/mol. The highest BCUT2D eigenvalue weighted by Crippen LogP contribution is 2.26. The lowest BCUT2D eigenvalue weighted by molar-refractivity contribution is -0.129. The Morgan fingerprint density at radius 3 is 2.48 bits per heavy atom. The molecule has 4 nitrogen and oxygen atoms in total. The molecule has 4 rings (SSSR count). The van der Waals surface area contributed by atoms with E-state index in [0.29, 0.717) is 11.6 Å². The first-order chi connectivity index (χ1) is 15.0. The summed E-state index contributed by atoms with van der Waals surface area (Å²) in [5, 5.41) is 0. The molecule has 0 saturated carbocycles. The summed E-state index contributed by atoms with van der Waals surface area (Å²) < 4.78 is 13.4. The van der Waals surface area contributed by atoms with Crippen molar-refractivity contribution in [3.05, 3.63) is 116 Å². The lowest BCUT2D eigenvalue weighted by Gasteiger charge is -2.16. The van der Waals surface area contributed by atoms with Crippen LogP contribution in [0.5, 0.6) is 5.75 Å². The van der Waals surface area contributed by atoms with Gasteiger partial charge < -0.3 is 9.47 Å². The minimum atomic E-state index is -0.471. The number of nitrogens with zero attached hydrogens (tertiary/aromatic N) is 1. The maximum Gasteiger partial charge on any atom is 0.363 e. The van der Waals surface area contributed by atoms with Gasteiger partial charge in [0.2, 0.25) is 5.90 Å². The summed E-state index contributed by atoms with van der Waals surface area (Å²) in [7, 11) is 0. The highest BCUT2D eigenvalue weighted by atomic mass is 127. The lowest BCUT2D eigenvalue weighted by Crippen LogP contribution is -2.05. The molecule has 31 heavy (non-hydrogen) atoms. The van der Waals surface area contributed by atoms with Crippen LogP contribution in [0.2, 0.25) is 0 Å². The smallest absolute Gasteiger partial charge is 0.363 e. The Kier molecular flexibility index (Phi) is 6.67. The van der Waals surface area contributed by atoms with Gasteiger partial charge in [0.15, 0.2) is 5.70 Å². The van der Waals surface area contributed by atoms with Crippen molar-refractivity contribution in [1.29, 1.82) is 0 Å². The van der Waals surface area contributed by atoms with E-state index >= 15 is 0 Å². The van der Waals surface area contributed by atoms with Crippen LogP contribution in [-0.4, -0.2) is 11.9 Å². The maximum absolute atomic E-state index is 12.3. The molecule has 154 valence electrons. The van der Waals surface area contributed by atoms with Crippen molar-refractivity contribution < 1.29 is 14.3 Å². The van der Waals surface area contributed by atoms with Gasteiger partial charge in [-0.05, 0) is 92.1 Å². The molecule has 1 aliphatic rings. The molecule has 1 atom stereocenters. The molecule has 3 aromatic rings. The summed E-state index contributed by atoms with van der Waals surface area (Å²) in [6, 6.07) is 23.0. The van der Waals surface area contributed by atoms with E-state index in [0.717, 1.165) is 24.7 Å². The standard InChI is InChI=1S/C25H17BrINO3/c1-2-23(17-6-4-3-5-7-17)30-19-11-8-16(9-12-19)14-22-25(29)31-24(28-22)18-10-13-21(27)20(26)15-18/h2-15,23H,1H2/b22-14-. The zero-order valence-corrected chi connectivity index (χ0v) is 20.0. The van der Waals surface area contributed by atoms with Crippen molar-refractivity contribution in [3.8, 4) is 5.75 Å². The zero-order chi connectivity index (χ0) is 21.8. The van der Waals surface area contributed by atoms with Crippen LogP contribution in [0, 0.1) is 3.57 Å². The second kappa shape index (κ2) is 9.62. The van der Waals surface area contributed by atoms with Gasteiger partial charge in [0.1, 0.15) is 11.9 Å². The van der Waals surface area contributed by atoms with E-state index in [1.54, 1.807) is 12.2 Å². The molecule has 0 radical (unpaired) electrons. The van der Waals surface area contributed by atoms with E-state index in [1.807, 2.05) is 72.8 Å². The molecule has 0 bridgehead atoms. The molecule has 6 heteroatoms. The Bertz CT molecular complexity index is 1190. The number of carbonyl (C=O) groups excluding carboxylic acids is 1. The van der Waals surface area contributed by atoms with E-state index in [9.17, 15) is 4.79 Å². The Morgan fingerprint density at radius 1 is 1.06 bits per heavy atom. The van der Waals surface area contributed by atoms with Gasteiger partial charge in [-0.25, -0.2) is 9.79 Å². The normalized spacial score (nSPS) is 15.4. The monoisotopic (exact) mass is 585 g/mol. The first-order valence-corrected chi connectivity index (χ1v) is 11.3. The van der Waals surface area contributed by atoms with Gasteiger partial charge in [0.25, 0.3) is 0 Å². The largest absolute Gasteiger partial charge is 0.482 e. The molecule has 1 heterocycles. The minimum absolute atomic E-state index is 0.240. The van der Waals surface area contributed by atoms with Gasteiger partial charge in [-0.2, -0.15) is 0 Å². The molecular formula is C25H17BrINO3. The van der Waals surface area contributed by atoms with Crippen molar-refractivity contribution in [2.24, 2.45) is 4.99 Å². The Morgan fingerprint density at radius 2 is 1.81 bits per heavy atom. The van der Waals surface area contributed by atoms with Crippen molar-refractivity contribution in [2.45, 2.75) is 6.10 Å². The summed E-state index contributed by atoms with van der Waals surface area (Å²) in [4.78, 5) is 16.6. The third kappa shape index (κ3) is 5.14. The molecule has 0 N–H and O–H groups in total. The molecule has 0 fully saturated rings. The second-order valence-corrected chi connectivity index (χ2v) is 8.74. The predicted molar refractivity (Wildman–Crippen MR) is 134 cm³/mol. The average molecular weight is 586 g/mol. The van der Waals surface area contributed by atoms with Crippen LogP contribution in [0.15, 0.2) is 101 Å². The van der Waals surface area contributed by atoms with Crippen molar-refractivity contribution in [2.75, 3.05) is 0 Å². The van der Waals surface area contributed by atoms with Crippen LogP contribution in [0.25, 0.3) is 6.08 Å². The SMILES string of the molecule is C=CC(Oc1ccc(/C=C2\N=C(c3ccc(I)c(Br)c3)OC2=O)cc1)c1ccccc1. The number of esters is 1. The minimum Gasteiger partial charge on any atom is -0.482 e. The number of ether oxygens (including phenoxy) is 2. The summed E-state index contributed by atoms with van der Waals surface area (Å²) in [6.07, 6.45) is 3.22. The number of halogens is 2. The molecule has 0 aliphatic carbocycles. The molecule has 0 aromatic heterocycles.